The van der Waals surface area contributed by atoms with E-state index < -0.39 is 0 Å². The lowest BCUT2D eigenvalue weighted by atomic mass is 10.0. The van der Waals surface area contributed by atoms with Crippen LogP contribution in [0, 0.1) is 5.82 Å². The predicted octanol–water partition coefficient (Wildman–Crippen LogP) is 3.47. The Morgan fingerprint density at radius 1 is 1.33 bits per heavy atom. The van der Waals surface area contributed by atoms with Gasteiger partial charge in [0.15, 0.2) is 0 Å². The van der Waals surface area contributed by atoms with Crippen LogP contribution in [-0.2, 0) is 6.42 Å². The average molecular weight is 266 g/mol. The van der Waals surface area contributed by atoms with Crippen molar-refractivity contribution in [1.82, 2.24) is 9.97 Å². The Kier molecular flexibility index (Phi) is 3.77. The van der Waals surface area contributed by atoms with E-state index in [1.54, 1.807) is 0 Å². The van der Waals surface area contributed by atoms with Crippen LogP contribution in [0.3, 0.4) is 0 Å². The van der Waals surface area contributed by atoms with Crippen molar-refractivity contribution in [2.45, 2.75) is 19.8 Å². The number of rotatable bonds is 3. The summed E-state index contributed by atoms with van der Waals surface area (Å²) in [6.07, 6.45) is 3.00. The van der Waals surface area contributed by atoms with E-state index in [-0.39, 0.29) is 5.82 Å². The van der Waals surface area contributed by atoms with Gasteiger partial charge in [-0.1, -0.05) is 24.9 Å². The van der Waals surface area contributed by atoms with Crippen molar-refractivity contribution in [2.24, 2.45) is 0 Å². The van der Waals surface area contributed by atoms with Gasteiger partial charge in [-0.05, 0) is 24.6 Å². The molecule has 0 unspecified atom stereocenters. The second kappa shape index (κ2) is 5.31. The smallest absolute Gasteiger partial charge is 0.130 e. The molecular formula is C13H13ClFN3. The first kappa shape index (κ1) is 12.8. The number of anilines is 1. The summed E-state index contributed by atoms with van der Waals surface area (Å²) in [5, 5.41) is 0.451. The number of hydrogen-bond donors (Lipinski definition) is 1. The van der Waals surface area contributed by atoms with Crippen LogP contribution >= 0.6 is 11.6 Å². The summed E-state index contributed by atoms with van der Waals surface area (Å²) >= 11 is 6.09. The van der Waals surface area contributed by atoms with Crippen molar-refractivity contribution >= 4 is 17.4 Å². The van der Waals surface area contributed by atoms with Gasteiger partial charge in [0.1, 0.15) is 18.0 Å². The van der Waals surface area contributed by atoms with Crippen LogP contribution in [-0.4, -0.2) is 9.97 Å². The standard InChI is InChI=1S/C13H13ClFN3/c1-2-3-9-12(17-7-18-13(9)16)10-6-8(15)4-5-11(10)14/h4-7H,2-3H2,1H3,(H2,16,17,18). The highest BCUT2D eigenvalue weighted by molar-refractivity contribution is 6.33. The van der Waals surface area contributed by atoms with Crippen LogP contribution in [0.1, 0.15) is 18.9 Å². The summed E-state index contributed by atoms with van der Waals surface area (Å²) in [5.41, 5.74) is 7.81. The summed E-state index contributed by atoms with van der Waals surface area (Å²) in [6, 6.07) is 4.19. The quantitative estimate of drug-likeness (QED) is 0.924. The van der Waals surface area contributed by atoms with Gasteiger partial charge in [0.05, 0.1) is 10.7 Å². The van der Waals surface area contributed by atoms with Gasteiger partial charge in [-0.15, -0.1) is 0 Å². The first-order valence-electron chi connectivity index (χ1n) is 5.68. The van der Waals surface area contributed by atoms with Crippen molar-refractivity contribution < 1.29 is 4.39 Å². The molecule has 0 spiro atoms. The van der Waals surface area contributed by atoms with Gasteiger partial charge in [-0.25, -0.2) is 14.4 Å². The Hall–Kier alpha value is -1.68. The molecule has 0 amide bonds. The van der Waals surface area contributed by atoms with E-state index in [0.717, 1.165) is 18.4 Å². The molecule has 0 saturated carbocycles. The van der Waals surface area contributed by atoms with Gasteiger partial charge >= 0.3 is 0 Å². The van der Waals surface area contributed by atoms with E-state index in [9.17, 15) is 4.39 Å². The minimum absolute atomic E-state index is 0.353. The molecule has 0 aliphatic carbocycles. The van der Waals surface area contributed by atoms with Gasteiger partial charge in [-0.3, -0.25) is 0 Å². The fourth-order valence-corrected chi connectivity index (χ4v) is 2.04. The average Bonchev–Trinajstić information content (AvgIpc) is 2.35. The topological polar surface area (TPSA) is 51.8 Å². The Morgan fingerprint density at radius 2 is 2.11 bits per heavy atom. The number of benzene rings is 1. The molecule has 2 rings (SSSR count). The molecule has 3 nitrogen and oxygen atoms in total. The lowest BCUT2D eigenvalue weighted by Crippen LogP contribution is -2.02. The van der Waals surface area contributed by atoms with Crippen LogP contribution in [0.25, 0.3) is 11.3 Å². The maximum absolute atomic E-state index is 13.3. The summed E-state index contributed by atoms with van der Waals surface area (Å²) in [6.45, 7) is 2.03. The van der Waals surface area contributed by atoms with E-state index in [1.807, 2.05) is 6.92 Å². The molecule has 0 atom stereocenters. The molecule has 2 aromatic rings. The summed E-state index contributed by atoms with van der Waals surface area (Å²) < 4.78 is 13.3. The van der Waals surface area contributed by atoms with E-state index in [1.165, 1.54) is 24.5 Å². The first-order chi connectivity index (χ1) is 8.63. The number of halogens is 2. The van der Waals surface area contributed by atoms with Gasteiger partial charge in [0, 0.05) is 11.1 Å². The fourth-order valence-electron chi connectivity index (χ4n) is 1.83. The minimum Gasteiger partial charge on any atom is -0.383 e. The molecule has 1 heterocycles. The fraction of sp³-hybridized carbons (Fsp3) is 0.231. The summed E-state index contributed by atoms with van der Waals surface area (Å²) in [7, 11) is 0. The Balaban J connectivity index is 2.63. The van der Waals surface area contributed by atoms with Crippen LogP contribution in [0.15, 0.2) is 24.5 Å². The first-order valence-corrected chi connectivity index (χ1v) is 6.06. The second-order valence-corrected chi connectivity index (χ2v) is 4.37. The molecular weight excluding hydrogens is 253 g/mol. The van der Waals surface area contributed by atoms with Crippen molar-refractivity contribution in [3.05, 3.63) is 40.9 Å². The van der Waals surface area contributed by atoms with E-state index in [2.05, 4.69) is 9.97 Å². The highest BCUT2D eigenvalue weighted by atomic mass is 35.5. The van der Waals surface area contributed by atoms with Gasteiger partial charge < -0.3 is 5.73 Å². The molecule has 0 aliphatic heterocycles. The van der Waals surface area contributed by atoms with Crippen molar-refractivity contribution in [2.75, 3.05) is 5.73 Å². The van der Waals surface area contributed by atoms with E-state index >= 15 is 0 Å². The SMILES string of the molecule is CCCc1c(N)ncnc1-c1cc(F)ccc1Cl. The van der Waals surface area contributed by atoms with Crippen LogP contribution in [0.4, 0.5) is 10.2 Å². The van der Waals surface area contributed by atoms with Crippen LogP contribution in [0.2, 0.25) is 5.02 Å². The minimum atomic E-state index is -0.353. The number of nitrogen functional groups attached to an aromatic ring is 1. The van der Waals surface area contributed by atoms with Gasteiger partial charge in [0.25, 0.3) is 0 Å². The van der Waals surface area contributed by atoms with E-state index in [4.69, 9.17) is 17.3 Å². The largest absolute Gasteiger partial charge is 0.383 e. The summed E-state index contributed by atoms with van der Waals surface area (Å²) in [4.78, 5) is 8.15. The molecule has 5 heteroatoms. The Bertz CT molecular complexity index is 572. The Morgan fingerprint density at radius 3 is 2.83 bits per heavy atom. The Labute approximate surface area is 110 Å². The molecule has 2 N–H and O–H groups in total. The highest BCUT2D eigenvalue weighted by Gasteiger charge is 2.14. The number of aromatic nitrogens is 2. The molecule has 18 heavy (non-hydrogen) atoms. The molecule has 0 fully saturated rings. The third-order valence-corrected chi connectivity index (χ3v) is 2.99. The highest BCUT2D eigenvalue weighted by Crippen LogP contribution is 2.31. The van der Waals surface area contributed by atoms with E-state index in [0.29, 0.717) is 22.1 Å². The summed E-state index contributed by atoms with van der Waals surface area (Å²) in [5.74, 6) is 0.0659. The third kappa shape index (κ3) is 2.43. The second-order valence-electron chi connectivity index (χ2n) is 3.96. The normalized spacial score (nSPS) is 10.6. The molecule has 94 valence electrons. The number of nitrogens with zero attached hydrogens (tertiary/aromatic N) is 2. The van der Waals surface area contributed by atoms with Crippen LogP contribution in [0.5, 0.6) is 0 Å². The zero-order valence-electron chi connectivity index (χ0n) is 9.95. The third-order valence-electron chi connectivity index (χ3n) is 2.66. The van der Waals surface area contributed by atoms with Crippen molar-refractivity contribution in [1.29, 1.82) is 0 Å². The van der Waals surface area contributed by atoms with Crippen molar-refractivity contribution in [3.63, 3.8) is 0 Å². The molecule has 1 aromatic heterocycles. The lowest BCUT2D eigenvalue weighted by Gasteiger charge is -2.11. The zero-order chi connectivity index (χ0) is 13.1. The molecule has 0 saturated heterocycles. The molecule has 0 radical (unpaired) electrons. The monoisotopic (exact) mass is 265 g/mol. The van der Waals surface area contributed by atoms with Gasteiger partial charge in [0.2, 0.25) is 0 Å². The van der Waals surface area contributed by atoms with Crippen molar-refractivity contribution in [3.8, 4) is 11.3 Å². The maximum Gasteiger partial charge on any atom is 0.130 e. The number of hydrogen-bond acceptors (Lipinski definition) is 3. The maximum atomic E-state index is 13.3. The van der Waals surface area contributed by atoms with Crippen LogP contribution < -0.4 is 5.73 Å². The number of nitrogens with two attached hydrogens (primary N) is 1. The molecule has 0 aliphatic rings. The van der Waals surface area contributed by atoms with Gasteiger partial charge in [-0.2, -0.15) is 0 Å². The molecule has 0 bridgehead atoms. The zero-order valence-corrected chi connectivity index (χ0v) is 10.7. The lowest BCUT2D eigenvalue weighted by molar-refractivity contribution is 0.628. The molecule has 1 aromatic carbocycles. The predicted molar refractivity (Wildman–Crippen MR) is 70.8 cm³/mol.